The van der Waals surface area contributed by atoms with Gasteiger partial charge >= 0.3 is 5.97 Å². The second-order valence-corrected chi connectivity index (χ2v) is 8.04. The van der Waals surface area contributed by atoms with Crippen molar-refractivity contribution in [3.8, 4) is 16.3 Å². The maximum atomic E-state index is 12.3. The van der Waals surface area contributed by atoms with E-state index in [0.717, 1.165) is 16.3 Å². The Hall–Kier alpha value is -3.58. The number of fused-ring (bicyclic) bond motifs is 1. The highest BCUT2D eigenvalue weighted by molar-refractivity contribution is 7.18. The summed E-state index contributed by atoms with van der Waals surface area (Å²) in [7, 11) is 0. The second kappa shape index (κ2) is 9.06. The second-order valence-electron chi connectivity index (χ2n) is 7.09. The third-order valence-corrected chi connectivity index (χ3v) is 5.80. The molecule has 1 aromatic heterocycles. The molecule has 4 rings (SSSR count). The van der Waals surface area contributed by atoms with Crippen LogP contribution in [-0.4, -0.2) is 28.6 Å². The van der Waals surface area contributed by atoms with E-state index in [1.54, 1.807) is 4.90 Å². The van der Waals surface area contributed by atoms with Crippen molar-refractivity contribution in [2.75, 3.05) is 11.4 Å². The smallest absolute Gasteiger partial charge is 0.308 e. The number of esters is 1. The zero-order chi connectivity index (χ0) is 21.8. The number of carbonyl (C=O) groups excluding carboxylic acids is 2. The van der Waals surface area contributed by atoms with E-state index in [9.17, 15) is 9.59 Å². The maximum absolute atomic E-state index is 12.3. The van der Waals surface area contributed by atoms with Crippen molar-refractivity contribution in [3.05, 3.63) is 72.3 Å². The van der Waals surface area contributed by atoms with E-state index in [4.69, 9.17) is 4.74 Å². The summed E-state index contributed by atoms with van der Waals surface area (Å²) in [4.78, 5) is 25.6. The van der Waals surface area contributed by atoms with Crippen LogP contribution in [0.3, 0.4) is 0 Å². The van der Waals surface area contributed by atoms with Gasteiger partial charge in [-0.2, -0.15) is 0 Å². The molecule has 1 amide bonds. The predicted molar refractivity (Wildman–Crippen MR) is 122 cm³/mol. The van der Waals surface area contributed by atoms with Gasteiger partial charge in [-0.3, -0.25) is 14.5 Å². The average Bonchev–Trinajstić information content (AvgIpc) is 3.23. The lowest BCUT2D eigenvalue weighted by Gasteiger charge is -2.17. The number of benzene rings is 3. The number of rotatable bonds is 6. The number of carbonyl (C=O) groups is 2. The molecule has 0 unspecified atom stereocenters. The van der Waals surface area contributed by atoms with Crippen LogP contribution in [-0.2, 0) is 16.0 Å². The molecule has 0 N–H and O–H groups in total. The first kappa shape index (κ1) is 20.7. The number of nitrogens with zero attached hydrogens (tertiary/aromatic N) is 3. The number of amides is 1. The summed E-state index contributed by atoms with van der Waals surface area (Å²) in [6.45, 7) is 3.39. The lowest BCUT2D eigenvalue weighted by Crippen LogP contribution is -2.30. The van der Waals surface area contributed by atoms with Gasteiger partial charge in [-0.25, -0.2) is 0 Å². The highest BCUT2D eigenvalue weighted by Crippen LogP contribution is 2.38. The standard InChI is InChI=1S/C24H21N3O3S/c1-16(28)27(13-12-18-8-4-3-5-9-18)24-26-25-23(31-24)21-14-19-10-6-7-11-20(19)15-22(21)30-17(2)29/h3-11,14-15H,12-13H2,1-2H3. The Balaban J connectivity index is 1.67. The van der Waals surface area contributed by atoms with Gasteiger partial charge in [-0.1, -0.05) is 65.9 Å². The Bertz CT molecular complexity index is 1240. The first-order valence-corrected chi connectivity index (χ1v) is 10.7. The minimum absolute atomic E-state index is 0.0997. The van der Waals surface area contributed by atoms with Gasteiger partial charge in [0.25, 0.3) is 0 Å². The molecular weight excluding hydrogens is 410 g/mol. The lowest BCUT2D eigenvalue weighted by molar-refractivity contribution is -0.131. The predicted octanol–water partition coefficient (Wildman–Crippen LogP) is 4.88. The van der Waals surface area contributed by atoms with Gasteiger partial charge in [-0.15, -0.1) is 10.2 Å². The minimum atomic E-state index is -0.408. The number of aromatic nitrogens is 2. The van der Waals surface area contributed by atoms with Crippen LogP contribution in [0.2, 0.25) is 0 Å². The Kier molecular flexibility index (Phi) is 6.04. The van der Waals surface area contributed by atoms with Crippen molar-refractivity contribution >= 4 is 39.1 Å². The van der Waals surface area contributed by atoms with Crippen LogP contribution in [0.1, 0.15) is 19.4 Å². The van der Waals surface area contributed by atoms with Crippen molar-refractivity contribution in [1.29, 1.82) is 0 Å². The van der Waals surface area contributed by atoms with Gasteiger partial charge in [0.05, 0.1) is 5.56 Å². The molecule has 31 heavy (non-hydrogen) atoms. The summed E-state index contributed by atoms with van der Waals surface area (Å²) in [5.74, 6) is -0.0839. The van der Waals surface area contributed by atoms with Crippen molar-refractivity contribution in [1.82, 2.24) is 10.2 Å². The largest absolute Gasteiger partial charge is 0.426 e. The summed E-state index contributed by atoms with van der Waals surface area (Å²) in [6.07, 6.45) is 0.712. The molecule has 0 fully saturated rings. The normalized spacial score (nSPS) is 10.8. The van der Waals surface area contributed by atoms with E-state index in [1.807, 2.05) is 66.7 Å². The zero-order valence-electron chi connectivity index (χ0n) is 17.2. The molecule has 0 radical (unpaired) electrons. The average molecular weight is 432 g/mol. The molecule has 156 valence electrons. The molecule has 0 aliphatic rings. The first-order chi connectivity index (χ1) is 15.0. The van der Waals surface area contributed by atoms with Crippen LogP contribution in [0.5, 0.6) is 5.75 Å². The Morgan fingerprint density at radius 2 is 1.61 bits per heavy atom. The van der Waals surface area contributed by atoms with Crippen molar-refractivity contribution in [2.45, 2.75) is 20.3 Å². The number of hydrogen-bond acceptors (Lipinski definition) is 6. The fourth-order valence-corrected chi connectivity index (χ4v) is 4.27. The number of ether oxygens (including phenoxy) is 1. The van der Waals surface area contributed by atoms with Gasteiger partial charge in [0.1, 0.15) is 5.75 Å². The summed E-state index contributed by atoms with van der Waals surface area (Å²) in [6, 6.07) is 21.6. The fourth-order valence-electron chi connectivity index (χ4n) is 3.33. The summed E-state index contributed by atoms with van der Waals surface area (Å²) in [5, 5.41) is 11.6. The van der Waals surface area contributed by atoms with Crippen molar-refractivity contribution < 1.29 is 14.3 Å². The van der Waals surface area contributed by atoms with Gasteiger partial charge in [-0.05, 0) is 34.9 Å². The van der Waals surface area contributed by atoms with Crippen LogP contribution >= 0.6 is 11.3 Å². The van der Waals surface area contributed by atoms with E-state index >= 15 is 0 Å². The quantitative estimate of drug-likeness (QED) is 0.321. The minimum Gasteiger partial charge on any atom is -0.426 e. The molecule has 7 heteroatoms. The van der Waals surface area contributed by atoms with Gasteiger partial charge in [0.15, 0.2) is 5.01 Å². The number of hydrogen-bond donors (Lipinski definition) is 0. The molecule has 0 saturated heterocycles. The molecule has 4 aromatic rings. The van der Waals surface area contributed by atoms with E-state index in [-0.39, 0.29) is 5.91 Å². The first-order valence-electron chi connectivity index (χ1n) is 9.88. The van der Waals surface area contributed by atoms with Crippen LogP contribution < -0.4 is 9.64 Å². The summed E-state index contributed by atoms with van der Waals surface area (Å²) < 4.78 is 5.45. The third-order valence-electron chi connectivity index (χ3n) is 4.82. The lowest BCUT2D eigenvalue weighted by atomic mass is 10.1. The van der Waals surface area contributed by atoms with Gasteiger partial charge < -0.3 is 4.74 Å². The van der Waals surface area contributed by atoms with Gasteiger partial charge in [0.2, 0.25) is 11.0 Å². The molecule has 1 heterocycles. The molecule has 0 aliphatic carbocycles. The van der Waals surface area contributed by atoms with E-state index in [0.29, 0.717) is 34.4 Å². The van der Waals surface area contributed by atoms with Crippen molar-refractivity contribution in [3.63, 3.8) is 0 Å². The molecule has 0 spiro atoms. The van der Waals surface area contributed by atoms with E-state index in [2.05, 4.69) is 10.2 Å². The molecular formula is C24H21N3O3S. The fraction of sp³-hybridized carbons (Fsp3) is 0.167. The Morgan fingerprint density at radius 3 is 2.29 bits per heavy atom. The molecule has 0 atom stereocenters. The highest BCUT2D eigenvalue weighted by Gasteiger charge is 2.20. The van der Waals surface area contributed by atoms with Gasteiger partial charge in [0, 0.05) is 20.4 Å². The third kappa shape index (κ3) is 4.78. The number of anilines is 1. The SMILES string of the molecule is CC(=O)Oc1cc2ccccc2cc1-c1nnc(N(CCc2ccccc2)C(C)=O)s1. The summed E-state index contributed by atoms with van der Waals surface area (Å²) >= 11 is 1.30. The topological polar surface area (TPSA) is 72.4 Å². The van der Waals surface area contributed by atoms with E-state index < -0.39 is 5.97 Å². The monoisotopic (exact) mass is 431 g/mol. The highest BCUT2D eigenvalue weighted by atomic mass is 32.1. The molecule has 0 saturated carbocycles. The Morgan fingerprint density at radius 1 is 0.935 bits per heavy atom. The van der Waals surface area contributed by atoms with E-state index in [1.165, 1.54) is 25.2 Å². The van der Waals surface area contributed by atoms with Crippen LogP contribution in [0.15, 0.2) is 66.7 Å². The molecule has 6 nitrogen and oxygen atoms in total. The van der Waals surface area contributed by atoms with Crippen LogP contribution in [0, 0.1) is 0 Å². The van der Waals surface area contributed by atoms with Crippen LogP contribution in [0.4, 0.5) is 5.13 Å². The van der Waals surface area contributed by atoms with Crippen LogP contribution in [0.25, 0.3) is 21.3 Å². The molecule has 0 aliphatic heterocycles. The van der Waals surface area contributed by atoms with Crippen molar-refractivity contribution in [2.24, 2.45) is 0 Å². The summed E-state index contributed by atoms with van der Waals surface area (Å²) in [5.41, 5.74) is 1.81. The molecule has 0 bridgehead atoms. The zero-order valence-corrected chi connectivity index (χ0v) is 18.1. The maximum Gasteiger partial charge on any atom is 0.308 e. The Labute approximate surface area is 184 Å². The molecule has 3 aromatic carbocycles.